The monoisotopic (exact) mass is 365 g/mol. The minimum atomic E-state index is -1.56. The van der Waals surface area contributed by atoms with Gasteiger partial charge in [0.15, 0.2) is 0 Å². The lowest BCUT2D eigenvalue weighted by molar-refractivity contribution is -0.118. The zero-order valence-electron chi connectivity index (χ0n) is 14.3. The van der Waals surface area contributed by atoms with Crippen molar-refractivity contribution >= 4 is 11.6 Å². The van der Waals surface area contributed by atoms with Crippen LogP contribution in [-0.4, -0.2) is 23.1 Å². The average Bonchev–Trinajstić information content (AvgIpc) is 2.53. The summed E-state index contributed by atoms with van der Waals surface area (Å²) in [5.74, 6) is -2.24. The Morgan fingerprint density at radius 2 is 1.60 bits per heavy atom. The maximum absolute atomic E-state index is 14.4. The highest BCUT2D eigenvalue weighted by atomic mass is 35.5. The van der Waals surface area contributed by atoms with Crippen LogP contribution < -0.4 is 0 Å². The van der Waals surface area contributed by atoms with Crippen LogP contribution in [0.3, 0.4) is 0 Å². The first-order valence-corrected chi connectivity index (χ1v) is 8.83. The maximum atomic E-state index is 14.4. The molecule has 0 saturated carbocycles. The first-order chi connectivity index (χ1) is 11.8. The van der Waals surface area contributed by atoms with E-state index in [1.165, 1.54) is 5.56 Å². The van der Waals surface area contributed by atoms with Crippen molar-refractivity contribution in [1.29, 1.82) is 0 Å². The van der Waals surface area contributed by atoms with E-state index in [4.69, 9.17) is 11.6 Å². The van der Waals surface area contributed by atoms with Crippen LogP contribution in [0, 0.1) is 23.5 Å². The summed E-state index contributed by atoms with van der Waals surface area (Å²) in [5, 5.41) is 11.3. The van der Waals surface area contributed by atoms with Gasteiger partial charge < -0.3 is 5.11 Å². The van der Waals surface area contributed by atoms with Crippen molar-refractivity contribution in [2.45, 2.75) is 26.0 Å². The Morgan fingerprint density at radius 1 is 1.08 bits per heavy atom. The molecule has 1 aliphatic rings. The molecule has 0 aliphatic carbocycles. The molecule has 2 aromatic carbocycles. The summed E-state index contributed by atoms with van der Waals surface area (Å²) in [6.07, 6.45) is 0. The number of rotatable bonds is 3. The molecule has 1 aliphatic heterocycles. The van der Waals surface area contributed by atoms with Crippen LogP contribution in [-0.2, 0) is 12.1 Å². The highest BCUT2D eigenvalue weighted by molar-refractivity contribution is 6.30. The van der Waals surface area contributed by atoms with Crippen molar-refractivity contribution in [3.05, 3.63) is 70.2 Å². The van der Waals surface area contributed by atoms with E-state index >= 15 is 0 Å². The minimum Gasteiger partial charge on any atom is -0.384 e. The van der Waals surface area contributed by atoms with Crippen LogP contribution in [0.4, 0.5) is 8.78 Å². The van der Waals surface area contributed by atoms with Crippen molar-refractivity contribution in [2.24, 2.45) is 11.8 Å². The van der Waals surface area contributed by atoms with E-state index in [1.54, 1.807) is 0 Å². The topological polar surface area (TPSA) is 23.5 Å². The maximum Gasteiger partial charge on any atom is 0.133 e. The third-order valence-electron chi connectivity index (χ3n) is 5.22. The van der Waals surface area contributed by atoms with Gasteiger partial charge in [-0.1, -0.05) is 55.8 Å². The van der Waals surface area contributed by atoms with E-state index in [1.807, 2.05) is 32.0 Å². The smallest absolute Gasteiger partial charge is 0.133 e. The Hall–Kier alpha value is -1.49. The molecule has 0 radical (unpaired) electrons. The van der Waals surface area contributed by atoms with Gasteiger partial charge in [0.05, 0.1) is 5.56 Å². The molecule has 1 fully saturated rings. The van der Waals surface area contributed by atoms with Crippen LogP contribution in [0.1, 0.15) is 25.0 Å². The van der Waals surface area contributed by atoms with Crippen LogP contribution in [0.15, 0.2) is 42.5 Å². The van der Waals surface area contributed by atoms with Gasteiger partial charge in [0.1, 0.15) is 17.2 Å². The summed E-state index contributed by atoms with van der Waals surface area (Å²) in [4.78, 5) is 2.21. The van der Waals surface area contributed by atoms with Gasteiger partial charge in [0.2, 0.25) is 0 Å². The first kappa shape index (κ1) is 18.3. The van der Waals surface area contributed by atoms with E-state index < -0.39 is 17.2 Å². The molecule has 0 unspecified atom stereocenters. The second kappa shape index (κ2) is 7.02. The van der Waals surface area contributed by atoms with Gasteiger partial charge in [-0.3, -0.25) is 4.90 Å². The Morgan fingerprint density at radius 3 is 2.12 bits per heavy atom. The summed E-state index contributed by atoms with van der Waals surface area (Å²) in [6.45, 7) is 5.52. The highest BCUT2D eigenvalue weighted by Gasteiger charge is 2.48. The van der Waals surface area contributed by atoms with Gasteiger partial charge in [0, 0.05) is 36.5 Å². The molecule has 0 aromatic heterocycles. The quantitative estimate of drug-likeness (QED) is 0.859. The second-order valence-electron chi connectivity index (χ2n) is 7.05. The zero-order chi connectivity index (χ0) is 18.2. The summed E-state index contributed by atoms with van der Waals surface area (Å²) in [5.41, 5.74) is -0.654. The molecular formula is C20H22ClF2NO. The molecule has 2 aromatic rings. The highest BCUT2D eigenvalue weighted by Crippen LogP contribution is 2.44. The molecule has 0 amide bonds. The molecule has 0 bridgehead atoms. The zero-order valence-corrected chi connectivity index (χ0v) is 15.1. The van der Waals surface area contributed by atoms with Gasteiger partial charge in [-0.2, -0.15) is 0 Å². The molecule has 1 heterocycles. The number of halogens is 3. The SMILES string of the molecule is C[C@@H]1CN(Cc2ccccc2)C[C@H](C)[C@@]1(O)c1c(F)cc(Cl)cc1F. The molecule has 3 rings (SSSR count). The van der Waals surface area contributed by atoms with Crippen LogP contribution in [0.25, 0.3) is 0 Å². The summed E-state index contributed by atoms with van der Waals surface area (Å²) < 4.78 is 28.9. The predicted octanol–water partition coefficient (Wildman–Crippen LogP) is 4.59. The van der Waals surface area contributed by atoms with Crippen LogP contribution in [0.5, 0.6) is 0 Å². The molecule has 1 N–H and O–H groups in total. The largest absolute Gasteiger partial charge is 0.384 e. The first-order valence-electron chi connectivity index (χ1n) is 8.46. The van der Waals surface area contributed by atoms with Gasteiger partial charge in [-0.15, -0.1) is 0 Å². The fraction of sp³-hybridized carbons (Fsp3) is 0.400. The standard InChI is InChI=1S/C20H22ClF2NO/c1-13-10-24(12-15-6-4-3-5-7-15)11-14(2)20(13,25)19-17(22)8-16(21)9-18(19)23/h3-9,13-14,25H,10-12H2,1-2H3/t13-,14+,20-. The van der Waals surface area contributed by atoms with E-state index in [2.05, 4.69) is 17.0 Å². The van der Waals surface area contributed by atoms with Crippen molar-refractivity contribution in [3.63, 3.8) is 0 Å². The number of aliphatic hydroxyl groups is 1. The number of likely N-dealkylation sites (tertiary alicyclic amines) is 1. The molecule has 1 saturated heterocycles. The van der Waals surface area contributed by atoms with E-state index in [0.29, 0.717) is 13.1 Å². The normalized spacial score (nSPS) is 27.4. The number of benzene rings is 2. The Kier molecular flexibility index (Phi) is 5.14. The van der Waals surface area contributed by atoms with Crippen molar-refractivity contribution < 1.29 is 13.9 Å². The Bertz CT molecular complexity index is 718. The van der Waals surface area contributed by atoms with E-state index in [0.717, 1.165) is 18.7 Å². The summed E-state index contributed by atoms with van der Waals surface area (Å²) in [6, 6.07) is 12.2. The third kappa shape index (κ3) is 3.43. The molecular weight excluding hydrogens is 344 g/mol. The second-order valence-corrected chi connectivity index (χ2v) is 7.49. The average molecular weight is 366 g/mol. The lowest BCUT2D eigenvalue weighted by Gasteiger charge is -2.48. The summed E-state index contributed by atoms with van der Waals surface area (Å²) in [7, 11) is 0. The molecule has 134 valence electrons. The van der Waals surface area contributed by atoms with Crippen molar-refractivity contribution in [1.82, 2.24) is 4.90 Å². The fourth-order valence-electron chi connectivity index (χ4n) is 4.00. The third-order valence-corrected chi connectivity index (χ3v) is 5.44. The number of piperidine rings is 1. The van der Waals surface area contributed by atoms with Gasteiger partial charge in [0.25, 0.3) is 0 Å². The molecule has 25 heavy (non-hydrogen) atoms. The van der Waals surface area contributed by atoms with E-state index in [-0.39, 0.29) is 22.4 Å². The van der Waals surface area contributed by atoms with Crippen molar-refractivity contribution in [3.8, 4) is 0 Å². The van der Waals surface area contributed by atoms with E-state index in [9.17, 15) is 13.9 Å². The molecule has 0 spiro atoms. The fourth-order valence-corrected chi connectivity index (χ4v) is 4.19. The number of hydrogen-bond donors (Lipinski definition) is 1. The summed E-state index contributed by atoms with van der Waals surface area (Å²) >= 11 is 5.72. The van der Waals surface area contributed by atoms with Crippen molar-refractivity contribution in [2.75, 3.05) is 13.1 Å². The Labute approximate surface area is 152 Å². The molecule has 5 heteroatoms. The van der Waals surface area contributed by atoms with Gasteiger partial charge in [-0.05, 0) is 17.7 Å². The lowest BCUT2D eigenvalue weighted by atomic mass is 9.70. The van der Waals surface area contributed by atoms with Gasteiger partial charge >= 0.3 is 0 Å². The van der Waals surface area contributed by atoms with Crippen LogP contribution in [0.2, 0.25) is 5.02 Å². The number of hydrogen-bond acceptors (Lipinski definition) is 2. The van der Waals surface area contributed by atoms with Gasteiger partial charge in [-0.25, -0.2) is 8.78 Å². The minimum absolute atomic E-state index is 0.0100. The van der Waals surface area contributed by atoms with Crippen LogP contribution >= 0.6 is 11.6 Å². The molecule has 3 atom stereocenters. The predicted molar refractivity (Wildman–Crippen MR) is 95.3 cm³/mol. The number of nitrogens with zero attached hydrogens (tertiary/aromatic N) is 1. The Balaban J connectivity index is 1.87. The lowest BCUT2D eigenvalue weighted by Crippen LogP contribution is -2.54. The molecule has 2 nitrogen and oxygen atoms in total.